The number of benzene rings is 1. The standard InChI is InChI=1S/C22H20F3N3O2/c1-12-10-14(18(29)6-8-22(23,24)25)4-5-15(12)17-11-19(28-21(30)13-2-3-13)27-20-16(17)7-9-26-20/h4-5,7,9-11,13H,2-3,6,8H2,1H3,(H2,26,27,28,30). The number of rotatable bonds is 6. The lowest BCUT2D eigenvalue weighted by Crippen LogP contribution is -2.14. The summed E-state index contributed by atoms with van der Waals surface area (Å²) < 4.78 is 37.2. The molecule has 1 aromatic carbocycles. The Morgan fingerprint density at radius 1 is 1.17 bits per heavy atom. The van der Waals surface area contributed by atoms with Crippen molar-refractivity contribution >= 4 is 28.5 Å². The molecule has 0 bridgehead atoms. The number of hydrogen-bond acceptors (Lipinski definition) is 3. The zero-order chi connectivity index (χ0) is 21.5. The van der Waals surface area contributed by atoms with Crippen LogP contribution in [0, 0.1) is 12.8 Å². The lowest BCUT2D eigenvalue weighted by Gasteiger charge is -2.12. The number of Topliss-reactive ketones (excluding diaryl/α,β-unsaturated/α-hetero) is 1. The van der Waals surface area contributed by atoms with E-state index in [-0.39, 0.29) is 17.4 Å². The van der Waals surface area contributed by atoms with Gasteiger partial charge in [-0.15, -0.1) is 0 Å². The van der Waals surface area contributed by atoms with Crippen molar-refractivity contribution in [3.05, 3.63) is 47.7 Å². The largest absolute Gasteiger partial charge is 0.389 e. The van der Waals surface area contributed by atoms with Gasteiger partial charge in [0.1, 0.15) is 11.5 Å². The van der Waals surface area contributed by atoms with Crippen LogP contribution in [0.25, 0.3) is 22.2 Å². The molecule has 8 heteroatoms. The number of H-pyrrole nitrogens is 1. The summed E-state index contributed by atoms with van der Waals surface area (Å²) in [5.74, 6) is -0.123. The Kier molecular flexibility index (Phi) is 5.09. The van der Waals surface area contributed by atoms with Crippen LogP contribution in [0.15, 0.2) is 36.5 Å². The van der Waals surface area contributed by atoms with Crippen molar-refractivity contribution < 1.29 is 22.8 Å². The van der Waals surface area contributed by atoms with Crippen LogP contribution in [0.1, 0.15) is 41.6 Å². The number of carbonyl (C=O) groups is 2. The van der Waals surface area contributed by atoms with Crippen LogP contribution in [0.5, 0.6) is 0 Å². The third kappa shape index (κ3) is 4.37. The number of anilines is 1. The molecule has 3 aromatic rings. The topological polar surface area (TPSA) is 74.8 Å². The van der Waals surface area contributed by atoms with Crippen LogP contribution >= 0.6 is 0 Å². The van der Waals surface area contributed by atoms with Crippen molar-refractivity contribution in [1.29, 1.82) is 0 Å². The van der Waals surface area contributed by atoms with E-state index < -0.39 is 24.8 Å². The molecule has 0 saturated heterocycles. The van der Waals surface area contributed by atoms with Crippen LogP contribution < -0.4 is 5.32 Å². The van der Waals surface area contributed by atoms with Gasteiger partial charge in [-0.25, -0.2) is 4.98 Å². The number of pyridine rings is 1. The minimum Gasteiger partial charge on any atom is -0.346 e. The molecule has 4 rings (SSSR count). The van der Waals surface area contributed by atoms with Crippen molar-refractivity contribution in [2.75, 3.05) is 5.32 Å². The number of alkyl halides is 3. The SMILES string of the molecule is Cc1cc(C(=O)CCC(F)(F)F)ccc1-c1cc(NC(=O)C2CC2)nc2[nH]ccc12. The average Bonchev–Trinajstić information content (AvgIpc) is 3.43. The third-order valence-electron chi connectivity index (χ3n) is 5.20. The summed E-state index contributed by atoms with van der Waals surface area (Å²) in [6, 6.07) is 8.53. The highest BCUT2D eigenvalue weighted by atomic mass is 19.4. The van der Waals surface area contributed by atoms with Gasteiger partial charge >= 0.3 is 6.18 Å². The van der Waals surface area contributed by atoms with Crippen molar-refractivity contribution in [3.63, 3.8) is 0 Å². The van der Waals surface area contributed by atoms with Gasteiger partial charge < -0.3 is 10.3 Å². The molecule has 1 fully saturated rings. The van der Waals surface area contributed by atoms with Gasteiger partial charge in [0.2, 0.25) is 5.91 Å². The van der Waals surface area contributed by atoms with Gasteiger partial charge in [-0.2, -0.15) is 13.2 Å². The molecule has 1 amide bonds. The minimum absolute atomic E-state index is 0.0401. The lowest BCUT2D eigenvalue weighted by atomic mass is 9.95. The fourth-order valence-electron chi connectivity index (χ4n) is 3.44. The maximum Gasteiger partial charge on any atom is 0.389 e. The van der Waals surface area contributed by atoms with E-state index in [9.17, 15) is 22.8 Å². The first-order valence-corrected chi connectivity index (χ1v) is 9.71. The Morgan fingerprint density at radius 3 is 2.60 bits per heavy atom. The van der Waals surface area contributed by atoms with E-state index in [4.69, 9.17) is 0 Å². The summed E-state index contributed by atoms with van der Waals surface area (Å²) in [5, 5.41) is 3.69. The smallest absolute Gasteiger partial charge is 0.346 e. The van der Waals surface area contributed by atoms with Gasteiger partial charge in [0.15, 0.2) is 5.78 Å². The van der Waals surface area contributed by atoms with E-state index in [0.717, 1.165) is 34.9 Å². The zero-order valence-electron chi connectivity index (χ0n) is 16.3. The number of ketones is 1. The maximum atomic E-state index is 12.4. The van der Waals surface area contributed by atoms with Crippen LogP contribution in [-0.2, 0) is 4.79 Å². The molecule has 1 saturated carbocycles. The van der Waals surface area contributed by atoms with Gasteiger partial charge in [-0.1, -0.05) is 12.1 Å². The van der Waals surface area contributed by atoms with Crippen molar-refractivity contribution in [2.24, 2.45) is 5.92 Å². The van der Waals surface area contributed by atoms with Crippen LogP contribution in [-0.4, -0.2) is 27.8 Å². The predicted molar refractivity (Wildman–Crippen MR) is 107 cm³/mol. The Balaban J connectivity index is 1.65. The molecule has 1 aliphatic rings. The number of fused-ring (bicyclic) bond motifs is 1. The van der Waals surface area contributed by atoms with Crippen LogP contribution in [0.2, 0.25) is 0 Å². The second kappa shape index (κ2) is 7.59. The average molecular weight is 415 g/mol. The molecule has 2 heterocycles. The van der Waals surface area contributed by atoms with Gasteiger partial charge in [-0.3, -0.25) is 9.59 Å². The molecule has 2 N–H and O–H groups in total. The first kappa shape index (κ1) is 20.1. The second-order valence-corrected chi connectivity index (χ2v) is 7.63. The number of nitrogens with zero attached hydrogens (tertiary/aromatic N) is 1. The van der Waals surface area contributed by atoms with E-state index in [2.05, 4.69) is 15.3 Å². The number of carbonyl (C=O) groups excluding carboxylic acids is 2. The third-order valence-corrected chi connectivity index (χ3v) is 5.20. The van der Waals surface area contributed by atoms with Gasteiger partial charge in [0.25, 0.3) is 0 Å². The number of aryl methyl sites for hydroxylation is 1. The highest BCUT2D eigenvalue weighted by molar-refractivity contribution is 6.01. The normalized spacial score (nSPS) is 14.1. The number of nitrogens with one attached hydrogen (secondary N) is 2. The maximum absolute atomic E-state index is 12.4. The lowest BCUT2D eigenvalue weighted by molar-refractivity contribution is -0.133. The molecule has 0 unspecified atom stereocenters. The Bertz CT molecular complexity index is 1130. The summed E-state index contributed by atoms with van der Waals surface area (Å²) in [6.45, 7) is 1.80. The summed E-state index contributed by atoms with van der Waals surface area (Å²) in [4.78, 5) is 31.8. The van der Waals surface area contributed by atoms with Gasteiger partial charge in [0, 0.05) is 29.5 Å². The first-order chi connectivity index (χ1) is 14.2. The molecule has 1 aliphatic carbocycles. The molecule has 0 atom stereocenters. The van der Waals surface area contributed by atoms with Crippen molar-refractivity contribution in [1.82, 2.24) is 9.97 Å². The highest BCUT2D eigenvalue weighted by Crippen LogP contribution is 2.34. The Morgan fingerprint density at radius 2 is 1.93 bits per heavy atom. The molecule has 30 heavy (non-hydrogen) atoms. The van der Waals surface area contributed by atoms with E-state index in [1.807, 2.05) is 6.07 Å². The molecule has 2 aromatic heterocycles. The minimum atomic E-state index is -4.36. The van der Waals surface area contributed by atoms with Crippen molar-refractivity contribution in [3.8, 4) is 11.1 Å². The fourth-order valence-corrected chi connectivity index (χ4v) is 3.44. The van der Waals surface area contributed by atoms with E-state index >= 15 is 0 Å². The number of halogens is 3. The molecular formula is C22H20F3N3O2. The molecule has 156 valence electrons. The van der Waals surface area contributed by atoms with Crippen molar-refractivity contribution in [2.45, 2.75) is 38.8 Å². The summed E-state index contributed by atoms with van der Waals surface area (Å²) in [5.41, 5.74) is 3.25. The molecule has 5 nitrogen and oxygen atoms in total. The second-order valence-electron chi connectivity index (χ2n) is 7.63. The number of aromatic nitrogens is 2. The summed E-state index contributed by atoms with van der Waals surface area (Å²) >= 11 is 0. The highest BCUT2D eigenvalue weighted by Gasteiger charge is 2.30. The molecule has 0 radical (unpaired) electrons. The summed E-state index contributed by atoms with van der Waals surface area (Å²) in [6.07, 6.45) is -2.55. The number of aromatic amines is 1. The molecule has 0 aliphatic heterocycles. The molecular weight excluding hydrogens is 395 g/mol. The predicted octanol–water partition coefficient (Wildman–Crippen LogP) is 5.41. The first-order valence-electron chi connectivity index (χ1n) is 9.71. The van der Waals surface area contributed by atoms with Crippen LogP contribution in [0.3, 0.4) is 0 Å². The Labute approximate surface area is 170 Å². The monoisotopic (exact) mass is 415 g/mol. The quantitative estimate of drug-likeness (QED) is 0.529. The molecule has 0 spiro atoms. The Hall–Kier alpha value is -3.16. The number of amides is 1. The fraction of sp³-hybridized carbons (Fsp3) is 0.318. The van der Waals surface area contributed by atoms with Gasteiger partial charge in [-0.05, 0) is 54.7 Å². The van der Waals surface area contributed by atoms with Crippen LogP contribution in [0.4, 0.5) is 19.0 Å². The zero-order valence-corrected chi connectivity index (χ0v) is 16.3. The number of hydrogen-bond donors (Lipinski definition) is 2. The van der Waals surface area contributed by atoms with E-state index in [0.29, 0.717) is 11.5 Å². The van der Waals surface area contributed by atoms with E-state index in [1.54, 1.807) is 37.4 Å². The van der Waals surface area contributed by atoms with E-state index in [1.165, 1.54) is 0 Å². The van der Waals surface area contributed by atoms with Gasteiger partial charge in [0.05, 0.1) is 6.42 Å². The summed E-state index contributed by atoms with van der Waals surface area (Å²) in [7, 11) is 0.